The largest absolute Gasteiger partial charge is 0.409 e. The number of amidine groups is 1. The minimum atomic E-state index is -0.432. The highest BCUT2D eigenvalue weighted by atomic mass is 16.5. The molecule has 1 aromatic carbocycles. The van der Waals surface area contributed by atoms with Gasteiger partial charge in [0.25, 0.3) is 5.91 Å². The second kappa shape index (κ2) is 6.19. The van der Waals surface area contributed by atoms with E-state index in [1.54, 1.807) is 31.4 Å². The minimum Gasteiger partial charge on any atom is -0.409 e. The van der Waals surface area contributed by atoms with Crippen molar-refractivity contribution in [3.8, 4) is 0 Å². The van der Waals surface area contributed by atoms with Crippen molar-refractivity contribution in [3.63, 3.8) is 0 Å². The number of amides is 1. The van der Waals surface area contributed by atoms with Crippen LogP contribution >= 0.6 is 0 Å². The number of carbonyl (C=O) groups is 1. The Morgan fingerprint density at radius 3 is 2.68 bits per heavy atom. The number of hydrogen-bond donors (Lipinski definition) is 3. The fraction of sp³-hybridized carbons (Fsp3) is 0.385. The molecule has 0 radical (unpaired) electrons. The number of nitrogens with two attached hydrogens (primary N) is 1. The molecule has 0 unspecified atom stereocenters. The van der Waals surface area contributed by atoms with Crippen molar-refractivity contribution in [1.29, 1.82) is 0 Å². The number of nitrogens with one attached hydrogen (secondary N) is 1. The smallest absolute Gasteiger partial charge is 0.251 e. The zero-order chi connectivity index (χ0) is 14.5. The molecule has 0 aliphatic rings. The molecule has 0 aromatic heterocycles. The van der Waals surface area contributed by atoms with Gasteiger partial charge in [-0.3, -0.25) is 4.79 Å². The molecule has 6 heteroatoms. The van der Waals surface area contributed by atoms with Gasteiger partial charge in [0.05, 0.1) is 5.60 Å². The second-order valence-corrected chi connectivity index (χ2v) is 4.71. The van der Waals surface area contributed by atoms with Gasteiger partial charge in [0.1, 0.15) is 0 Å². The van der Waals surface area contributed by atoms with Gasteiger partial charge >= 0.3 is 0 Å². The molecule has 19 heavy (non-hydrogen) atoms. The lowest BCUT2D eigenvalue weighted by Gasteiger charge is -2.23. The maximum absolute atomic E-state index is 12.0. The number of nitrogens with zero attached hydrogens (tertiary/aromatic N) is 1. The van der Waals surface area contributed by atoms with Gasteiger partial charge in [-0.25, -0.2) is 0 Å². The van der Waals surface area contributed by atoms with E-state index in [0.717, 1.165) is 0 Å². The third-order valence-electron chi connectivity index (χ3n) is 2.76. The number of oxime groups is 1. The van der Waals surface area contributed by atoms with Gasteiger partial charge in [0, 0.05) is 24.8 Å². The van der Waals surface area contributed by atoms with Crippen LogP contribution in [0.4, 0.5) is 0 Å². The summed E-state index contributed by atoms with van der Waals surface area (Å²) in [6.45, 7) is 4.14. The number of methoxy groups -OCH3 is 1. The predicted molar refractivity (Wildman–Crippen MR) is 72.4 cm³/mol. The first-order valence-corrected chi connectivity index (χ1v) is 5.81. The Morgan fingerprint density at radius 2 is 2.11 bits per heavy atom. The van der Waals surface area contributed by atoms with Crippen LogP contribution in [0.2, 0.25) is 0 Å². The van der Waals surface area contributed by atoms with Crippen molar-refractivity contribution in [3.05, 3.63) is 35.4 Å². The molecule has 1 amide bonds. The molecule has 0 saturated carbocycles. The molecular weight excluding hydrogens is 246 g/mol. The van der Waals surface area contributed by atoms with Crippen LogP contribution in [0, 0.1) is 0 Å². The van der Waals surface area contributed by atoms with Gasteiger partial charge in [-0.2, -0.15) is 0 Å². The molecule has 0 aliphatic heterocycles. The number of ether oxygens (including phenoxy) is 1. The topological polar surface area (TPSA) is 96.9 Å². The Hall–Kier alpha value is -2.08. The molecule has 4 N–H and O–H groups in total. The normalized spacial score (nSPS) is 12.3. The van der Waals surface area contributed by atoms with E-state index in [1.165, 1.54) is 0 Å². The zero-order valence-corrected chi connectivity index (χ0v) is 11.3. The van der Waals surface area contributed by atoms with E-state index < -0.39 is 5.60 Å². The Morgan fingerprint density at radius 1 is 1.47 bits per heavy atom. The van der Waals surface area contributed by atoms with Crippen LogP contribution in [0.1, 0.15) is 29.8 Å². The molecule has 0 spiro atoms. The summed E-state index contributed by atoms with van der Waals surface area (Å²) in [4.78, 5) is 12.0. The first kappa shape index (κ1) is 15.0. The van der Waals surface area contributed by atoms with E-state index in [0.29, 0.717) is 17.7 Å². The van der Waals surface area contributed by atoms with E-state index in [-0.39, 0.29) is 11.7 Å². The van der Waals surface area contributed by atoms with Crippen LogP contribution in [-0.4, -0.2) is 36.2 Å². The summed E-state index contributed by atoms with van der Waals surface area (Å²) < 4.78 is 5.22. The van der Waals surface area contributed by atoms with E-state index in [4.69, 9.17) is 15.7 Å². The van der Waals surface area contributed by atoms with Crippen LogP contribution < -0.4 is 11.1 Å². The maximum Gasteiger partial charge on any atom is 0.251 e. The molecule has 0 heterocycles. The van der Waals surface area contributed by atoms with Gasteiger partial charge < -0.3 is 21.0 Å². The highest BCUT2D eigenvalue weighted by molar-refractivity contribution is 6.01. The van der Waals surface area contributed by atoms with Gasteiger partial charge in [-0.1, -0.05) is 17.3 Å². The summed E-state index contributed by atoms with van der Waals surface area (Å²) in [5.74, 6) is -0.274. The van der Waals surface area contributed by atoms with Gasteiger partial charge in [-0.15, -0.1) is 0 Å². The maximum atomic E-state index is 12.0. The summed E-state index contributed by atoms with van der Waals surface area (Å²) in [7, 11) is 1.59. The van der Waals surface area contributed by atoms with Crippen molar-refractivity contribution in [2.24, 2.45) is 10.9 Å². The molecule has 0 fully saturated rings. The molecule has 6 nitrogen and oxygen atoms in total. The van der Waals surface area contributed by atoms with Crippen molar-refractivity contribution in [2.45, 2.75) is 19.4 Å². The molecule has 1 aromatic rings. The van der Waals surface area contributed by atoms with Crippen LogP contribution in [0.3, 0.4) is 0 Å². The summed E-state index contributed by atoms with van der Waals surface area (Å²) in [6.07, 6.45) is 0. The third-order valence-corrected chi connectivity index (χ3v) is 2.76. The average Bonchev–Trinajstić information content (AvgIpc) is 2.44. The van der Waals surface area contributed by atoms with E-state index in [1.807, 2.05) is 13.8 Å². The monoisotopic (exact) mass is 265 g/mol. The number of hydrogen-bond acceptors (Lipinski definition) is 4. The van der Waals surface area contributed by atoms with Crippen LogP contribution in [0.15, 0.2) is 29.4 Å². The number of carbonyl (C=O) groups excluding carboxylic acids is 1. The molecule has 104 valence electrons. The first-order chi connectivity index (χ1) is 8.89. The van der Waals surface area contributed by atoms with E-state index in [9.17, 15) is 4.79 Å². The van der Waals surface area contributed by atoms with Crippen molar-refractivity contribution < 1.29 is 14.7 Å². The average molecular weight is 265 g/mol. The molecule has 1 rings (SSSR count). The SMILES string of the molecule is COC(C)(C)CNC(=O)c1cccc(/C(N)=N/O)c1. The van der Waals surface area contributed by atoms with Gasteiger partial charge in [0.2, 0.25) is 0 Å². The zero-order valence-electron chi connectivity index (χ0n) is 11.3. The van der Waals surface area contributed by atoms with Gasteiger partial charge in [-0.05, 0) is 26.0 Å². The Labute approximate surface area is 112 Å². The standard InChI is InChI=1S/C13H19N3O3/c1-13(2,19-3)8-15-12(17)10-6-4-5-9(7-10)11(14)16-18/h4-7,18H,8H2,1-3H3,(H2,14,16)(H,15,17). The van der Waals surface area contributed by atoms with Crippen LogP contribution in [0.25, 0.3) is 0 Å². The fourth-order valence-corrected chi connectivity index (χ4v) is 1.34. The molecule has 0 atom stereocenters. The summed E-state index contributed by atoms with van der Waals surface area (Å²) in [6, 6.07) is 6.54. The Bertz CT molecular complexity index is 484. The Kier molecular flexibility index (Phi) is 4.88. The molecule has 0 aliphatic carbocycles. The van der Waals surface area contributed by atoms with Crippen molar-refractivity contribution in [2.75, 3.05) is 13.7 Å². The second-order valence-electron chi connectivity index (χ2n) is 4.71. The number of benzene rings is 1. The first-order valence-electron chi connectivity index (χ1n) is 5.81. The van der Waals surface area contributed by atoms with Crippen molar-refractivity contribution >= 4 is 11.7 Å². The Balaban J connectivity index is 2.78. The predicted octanol–water partition coefficient (Wildman–Crippen LogP) is 0.936. The quantitative estimate of drug-likeness (QED) is 0.319. The minimum absolute atomic E-state index is 0.0353. The third kappa shape index (κ3) is 4.26. The van der Waals surface area contributed by atoms with E-state index >= 15 is 0 Å². The molecule has 0 saturated heterocycles. The lowest BCUT2D eigenvalue weighted by molar-refractivity contribution is 0.0229. The van der Waals surface area contributed by atoms with E-state index in [2.05, 4.69) is 10.5 Å². The van der Waals surface area contributed by atoms with Crippen LogP contribution in [0.5, 0.6) is 0 Å². The highest BCUT2D eigenvalue weighted by Gasteiger charge is 2.18. The molecular formula is C13H19N3O3. The highest BCUT2D eigenvalue weighted by Crippen LogP contribution is 2.08. The summed E-state index contributed by atoms with van der Waals surface area (Å²) in [5, 5.41) is 14.3. The van der Waals surface area contributed by atoms with Gasteiger partial charge in [0.15, 0.2) is 5.84 Å². The lowest BCUT2D eigenvalue weighted by atomic mass is 10.1. The number of rotatable bonds is 5. The van der Waals surface area contributed by atoms with Crippen LogP contribution in [-0.2, 0) is 4.74 Å². The summed E-state index contributed by atoms with van der Waals surface area (Å²) in [5.41, 5.74) is 5.97. The lowest BCUT2D eigenvalue weighted by Crippen LogP contribution is -2.39. The molecule has 0 bridgehead atoms. The fourth-order valence-electron chi connectivity index (χ4n) is 1.34. The van der Waals surface area contributed by atoms with Crippen molar-refractivity contribution in [1.82, 2.24) is 5.32 Å². The summed E-state index contributed by atoms with van der Waals surface area (Å²) >= 11 is 0.